The summed E-state index contributed by atoms with van der Waals surface area (Å²) in [5.41, 5.74) is 1.32. The molecular formula is C12H16INZn-. The third-order valence-corrected chi connectivity index (χ3v) is 2.62. The fraction of sp³-hybridized carbons (Fsp3) is 0.500. The van der Waals surface area contributed by atoms with Gasteiger partial charge in [0.1, 0.15) is 0 Å². The Morgan fingerprint density at radius 3 is 2.47 bits per heavy atom. The summed E-state index contributed by atoms with van der Waals surface area (Å²) in [5.74, 6) is 0. The first kappa shape index (κ1) is 15.5. The van der Waals surface area contributed by atoms with Crippen molar-refractivity contribution in [2.45, 2.75) is 25.8 Å². The minimum atomic E-state index is 0. The van der Waals surface area contributed by atoms with Crippen LogP contribution in [-0.2, 0) is 26.0 Å². The fourth-order valence-electron chi connectivity index (χ4n) is 1.89. The molecule has 2 rings (SSSR count). The van der Waals surface area contributed by atoms with Gasteiger partial charge in [0.05, 0.1) is 0 Å². The first-order chi connectivity index (χ1) is 6.45. The number of nitrogens with zero attached hydrogens (tertiary/aromatic N) is 1. The summed E-state index contributed by atoms with van der Waals surface area (Å²) < 4.78 is 0. The summed E-state index contributed by atoms with van der Waals surface area (Å²) in [6, 6.07) is 11.6. The molecule has 1 radical (unpaired) electrons. The third kappa shape index (κ3) is 5.41. The van der Waals surface area contributed by atoms with E-state index in [4.69, 9.17) is 0 Å². The van der Waals surface area contributed by atoms with Gasteiger partial charge in [-0.25, -0.2) is 0 Å². The van der Waals surface area contributed by atoms with Crippen molar-refractivity contribution in [1.29, 1.82) is 0 Å². The van der Waals surface area contributed by atoms with E-state index in [0.717, 1.165) is 6.54 Å². The molecule has 1 aromatic carbocycles. The van der Waals surface area contributed by atoms with Crippen molar-refractivity contribution in [2.24, 2.45) is 0 Å². The summed E-state index contributed by atoms with van der Waals surface area (Å²) in [6.45, 7) is 3.62. The molecule has 3 heteroatoms. The quantitative estimate of drug-likeness (QED) is 0.503. The molecule has 1 saturated heterocycles. The van der Waals surface area contributed by atoms with E-state index in [1.807, 2.05) is 12.1 Å². The van der Waals surface area contributed by atoms with Crippen molar-refractivity contribution in [3.05, 3.63) is 35.9 Å². The predicted octanol–water partition coefficient (Wildman–Crippen LogP) is -0.526. The van der Waals surface area contributed by atoms with Crippen molar-refractivity contribution in [1.82, 2.24) is 4.90 Å². The van der Waals surface area contributed by atoms with Crippen molar-refractivity contribution in [3.63, 3.8) is 0 Å². The summed E-state index contributed by atoms with van der Waals surface area (Å²) >= 11 is 0. The Labute approximate surface area is 122 Å². The van der Waals surface area contributed by atoms with Gasteiger partial charge in [0, 0.05) is 26.0 Å². The molecule has 0 aliphatic carbocycles. The smallest absolute Gasteiger partial charge is 0.0239 e. The van der Waals surface area contributed by atoms with E-state index in [9.17, 15) is 0 Å². The molecule has 1 aliphatic rings. The monoisotopic (exact) mass is 365 g/mol. The molecule has 0 spiro atoms. The molecule has 0 N–H and O–H groups in total. The Morgan fingerprint density at radius 1 is 1.13 bits per heavy atom. The van der Waals surface area contributed by atoms with Crippen molar-refractivity contribution in [2.75, 3.05) is 13.1 Å². The molecule has 0 aromatic heterocycles. The fourth-order valence-corrected chi connectivity index (χ4v) is 1.89. The van der Waals surface area contributed by atoms with Crippen molar-refractivity contribution < 1.29 is 43.5 Å². The first-order valence-corrected chi connectivity index (χ1v) is 5.13. The standard InChI is InChI=1S/C12H16N.HI.Zn/c1-3-7-12(8-4-1)11-13-9-5-2-6-10-13;;/h1,3-4,7H,2,5-6,9-11H2;1H;/p-1. The third-order valence-electron chi connectivity index (χ3n) is 2.62. The summed E-state index contributed by atoms with van der Waals surface area (Å²) in [5, 5.41) is 0. The van der Waals surface area contributed by atoms with Crippen molar-refractivity contribution >= 4 is 0 Å². The summed E-state index contributed by atoms with van der Waals surface area (Å²) in [6.07, 6.45) is 4.15. The number of likely N-dealkylation sites (tertiary alicyclic amines) is 1. The largest absolute Gasteiger partial charge is 1.00 e. The molecule has 15 heavy (non-hydrogen) atoms. The van der Waals surface area contributed by atoms with Crippen LogP contribution >= 0.6 is 0 Å². The Kier molecular flexibility index (Phi) is 8.97. The molecule has 0 amide bonds. The van der Waals surface area contributed by atoms with E-state index in [-0.39, 0.29) is 43.5 Å². The van der Waals surface area contributed by atoms with Crippen LogP contribution in [0.25, 0.3) is 0 Å². The average molecular weight is 367 g/mol. The van der Waals surface area contributed by atoms with Crippen LogP contribution in [0.5, 0.6) is 0 Å². The van der Waals surface area contributed by atoms with E-state index in [1.165, 1.54) is 37.9 Å². The van der Waals surface area contributed by atoms with Gasteiger partial charge in [-0.1, -0.05) is 30.7 Å². The molecule has 79 valence electrons. The minimum absolute atomic E-state index is 0. The second-order valence-corrected chi connectivity index (χ2v) is 3.72. The van der Waals surface area contributed by atoms with Gasteiger partial charge in [-0.05, 0) is 37.6 Å². The summed E-state index contributed by atoms with van der Waals surface area (Å²) in [4.78, 5) is 2.52. The maximum atomic E-state index is 3.27. The Morgan fingerprint density at radius 2 is 1.87 bits per heavy atom. The van der Waals surface area contributed by atoms with E-state index in [1.54, 1.807) is 0 Å². The molecule has 1 fully saturated rings. The normalized spacial score (nSPS) is 16.3. The van der Waals surface area contributed by atoms with Crippen molar-refractivity contribution in [3.8, 4) is 0 Å². The molecule has 0 saturated carbocycles. The zero-order valence-electron chi connectivity index (χ0n) is 9.08. The van der Waals surface area contributed by atoms with E-state index >= 15 is 0 Å². The van der Waals surface area contributed by atoms with Crippen LogP contribution in [0.2, 0.25) is 0 Å². The van der Waals surface area contributed by atoms with Gasteiger partial charge in [0.2, 0.25) is 0 Å². The summed E-state index contributed by atoms with van der Waals surface area (Å²) in [7, 11) is 0. The molecule has 0 unspecified atom stereocenters. The van der Waals surface area contributed by atoms with Crippen LogP contribution in [0.3, 0.4) is 0 Å². The molecule has 1 aliphatic heterocycles. The average Bonchev–Trinajstić information content (AvgIpc) is 2.21. The van der Waals surface area contributed by atoms with Gasteiger partial charge in [-0.3, -0.25) is 4.90 Å². The van der Waals surface area contributed by atoms with E-state index in [2.05, 4.69) is 23.1 Å². The number of halogens is 1. The topological polar surface area (TPSA) is 3.24 Å². The number of benzene rings is 1. The predicted molar refractivity (Wildman–Crippen MR) is 54.4 cm³/mol. The Bertz CT molecular complexity index is 247. The van der Waals surface area contributed by atoms with Crippen LogP contribution in [0.1, 0.15) is 24.8 Å². The second kappa shape index (κ2) is 8.66. The SMILES string of the molecule is [I-].[Zn].[c]1ccccc1CN1CCCCC1. The van der Waals surface area contributed by atoms with Crippen LogP contribution < -0.4 is 24.0 Å². The van der Waals surface area contributed by atoms with Gasteiger partial charge in [-0.2, -0.15) is 0 Å². The van der Waals surface area contributed by atoms with Crippen LogP contribution in [0, 0.1) is 6.07 Å². The maximum Gasteiger partial charge on any atom is 0.0239 e. The van der Waals surface area contributed by atoms with Gasteiger partial charge >= 0.3 is 0 Å². The first-order valence-electron chi connectivity index (χ1n) is 5.13. The Balaban J connectivity index is 0.000000980. The Hall–Kier alpha value is 0.533. The maximum absolute atomic E-state index is 3.27. The zero-order valence-corrected chi connectivity index (χ0v) is 14.2. The minimum Gasteiger partial charge on any atom is -1.00 e. The van der Waals surface area contributed by atoms with E-state index < -0.39 is 0 Å². The number of hydrogen-bond acceptors (Lipinski definition) is 1. The zero-order chi connectivity index (χ0) is 8.93. The van der Waals surface area contributed by atoms with Gasteiger partial charge in [-0.15, -0.1) is 0 Å². The molecular weight excluding hydrogens is 350 g/mol. The molecule has 1 heterocycles. The second-order valence-electron chi connectivity index (χ2n) is 3.72. The van der Waals surface area contributed by atoms with Crippen LogP contribution in [0.15, 0.2) is 24.3 Å². The molecule has 1 nitrogen and oxygen atoms in total. The molecule has 0 bridgehead atoms. The van der Waals surface area contributed by atoms with Crippen LogP contribution in [0.4, 0.5) is 0 Å². The number of rotatable bonds is 2. The number of piperidine rings is 1. The van der Waals surface area contributed by atoms with Crippen LogP contribution in [-0.4, -0.2) is 18.0 Å². The molecule has 1 aromatic rings. The van der Waals surface area contributed by atoms with Gasteiger partial charge in [0.25, 0.3) is 0 Å². The van der Waals surface area contributed by atoms with Gasteiger partial charge in [0.15, 0.2) is 0 Å². The van der Waals surface area contributed by atoms with Gasteiger partial charge < -0.3 is 24.0 Å². The molecule has 0 atom stereocenters. The number of hydrogen-bond donors (Lipinski definition) is 0. The van der Waals surface area contributed by atoms with E-state index in [0.29, 0.717) is 0 Å².